The molecule has 7 heteroatoms. The Balaban J connectivity index is 2.29. The number of benzene rings is 1. The summed E-state index contributed by atoms with van der Waals surface area (Å²) in [4.78, 5) is 14.4. The van der Waals surface area contributed by atoms with Crippen molar-refractivity contribution in [3.05, 3.63) is 51.1 Å². The van der Waals surface area contributed by atoms with Crippen molar-refractivity contribution < 1.29 is 9.66 Å². The van der Waals surface area contributed by atoms with E-state index in [4.69, 9.17) is 4.74 Å². The summed E-state index contributed by atoms with van der Waals surface area (Å²) in [5, 5.41) is 13.7. The molecule has 2 aromatic rings. The second-order valence-electron chi connectivity index (χ2n) is 3.63. The zero-order chi connectivity index (χ0) is 13.8. The number of nitro groups is 1. The van der Waals surface area contributed by atoms with E-state index in [0.717, 1.165) is 0 Å². The second kappa shape index (κ2) is 5.66. The Morgan fingerprint density at radius 1 is 1.32 bits per heavy atom. The lowest BCUT2D eigenvalue weighted by Crippen LogP contribution is -1.93. The highest BCUT2D eigenvalue weighted by atomic mass is 79.9. The van der Waals surface area contributed by atoms with Gasteiger partial charge in [0.25, 0.3) is 5.69 Å². The van der Waals surface area contributed by atoms with Crippen LogP contribution in [-0.4, -0.2) is 17.0 Å². The molecule has 0 aliphatic rings. The van der Waals surface area contributed by atoms with Crippen molar-refractivity contribution in [2.75, 3.05) is 12.4 Å². The number of aromatic nitrogens is 1. The highest BCUT2D eigenvalue weighted by Crippen LogP contribution is 2.30. The molecule has 2 rings (SSSR count). The molecule has 1 aromatic heterocycles. The van der Waals surface area contributed by atoms with E-state index in [1.165, 1.54) is 12.1 Å². The van der Waals surface area contributed by atoms with Gasteiger partial charge in [0.05, 0.1) is 11.0 Å². The molecular formula is C12H10BrN3O3. The average Bonchev–Trinajstić information content (AvgIpc) is 2.38. The van der Waals surface area contributed by atoms with Crippen molar-refractivity contribution in [3.63, 3.8) is 0 Å². The Hall–Kier alpha value is -2.15. The molecule has 0 spiro atoms. The summed E-state index contributed by atoms with van der Waals surface area (Å²) in [5.74, 6) is 1.59. The molecule has 0 radical (unpaired) electrons. The van der Waals surface area contributed by atoms with Crippen molar-refractivity contribution in [2.45, 2.75) is 0 Å². The van der Waals surface area contributed by atoms with Gasteiger partial charge in [-0.2, -0.15) is 0 Å². The second-order valence-corrected chi connectivity index (χ2v) is 4.55. The van der Waals surface area contributed by atoms with Gasteiger partial charge in [0.15, 0.2) is 0 Å². The largest absolute Gasteiger partial charge is 0.457 e. The van der Waals surface area contributed by atoms with Gasteiger partial charge in [0, 0.05) is 29.8 Å². The minimum atomic E-state index is -0.469. The fourth-order valence-corrected chi connectivity index (χ4v) is 1.92. The van der Waals surface area contributed by atoms with Crippen LogP contribution < -0.4 is 10.1 Å². The number of nitro benzene ring substituents is 1. The molecule has 0 fully saturated rings. The van der Waals surface area contributed by atoms with Crippen LogP contribution in [0.4, 0.5) is 11.5 Å². The van der Waals surface area contributed by atoms with E-state index in [1.54, 1.807) is 31.4 Å². The van der Waals surface area contributed by atoms with Crippen molar-refractivity contribution in [1.29, 1.82) is 0 Å². The summed E-state index contributed by atoms with van der Waals surface area (Å²) in [7, 11) is 1.75. The number of nitrogens with zero attached hydrogens (tertiary/aromatic N) is 2. The lowest BCUT2D eigenvalue weighted by atomic mass is 10.3. The molecular weight excluding hydrogens is 314 g/mol. The van der Waals surface area contributed by atoms with Crippen molar-refractivity contribution in [2.24, 2.45) is 0 Å². The average molecular weight is 324 g/mol. The lowest BCUT2D eigenvalue weighted by molar-refractivity contribution is -0.385. The van der Waals surface area contributed by atoms with Crippen LogP contribution in [0.25, 0.3) is 0 Å². The molecule has 98 valence electrons. The summed E-state index contributed by atoms with van der Waals surface area (Å²) in [6, 6.07) is 7.81. The van der Waals surface area contributed by atoms with Gasteiger partial charge in [-0.1, -0.05) is 15.9 Å². The molecule has 19 heavy (non-hydrogen) atoms. The summed E-state index contributed by atoms with van der Waals surface area (Å²) in [6.07, 6.45) is 1.59. The third-order valence-corrected chi connectivity index (χ3v) is 2.75. The SMILES string of the molecule is CNc1cc(Oc2cc(Br)cc([N+](=O)[O-])c2)ccn1. The van der Waals surface area contributed by atoms with Crippen LogP contribution in [0.5, 0.6) is 11.5 Å². The quantitative estimate of drug-likeness (QED) is 0.687. The molecule has 0 aliphatic heterocycles. The predicted octanol–water partition coefficient (Wildman–Crippen LogP) is 3.59. The molecule has 6 nitrogen and oxygen atoms in total. The van der Waals surface area contributed by atoms with Gasteiger partial charge >= 0.3 is 0 Å². The first kappa shape index (κ1) is 13.3. The number of hydrogen-bond donors (Lipinski definition) is 1. The minimum Gasteiger partial charge on any atom is -0.457 e. The predicted molar refractivity (Wildman–Crippen MR) is 74.7 cm³/mol. The van der Waals surface area contributed by atoms with Crippen LogP contribution in [0.15, 0.2) is 41.0 Å². The molecule has 0 unspecified atom stereocenters. The molecule has 0 amide bonds. The zero-order valence-corrected chi connectivity index (χ0v) is 11.5. The maximum atomic E-state index is 10.8. The van der Waals surface area contributed by atoms with E-state index in [-0.39, 0.29) is 5.69 Å². The monoisotopic (exact) mass is 323 g/mol. The summed E-state index contributed by atoms with van der Waals surface area (Å²) >= 11 is 3.21. The van der Waals surface area contributed by atoms with Gasteiger partial charge in [0.1, 0.15) is 17.3 Å². The molecule has 0 aliphatic carbocycles. The fourth-order valence-electron chi connectivity index (χ4n) is 1.46. The zero-order valence-electron chi connectivity index (χ0n) is 9.96. The van der Waals surface area contributed by atoms with Gasteiger partial charge in [-0.05, 0) is 12.1 Å². The van der Waals surface area contributed by atoms with Crippen molar-refractivity contribution in [3.8, 4) is 11.5 Å². The summed E-state index contributed by atoms with van der Waals surface area (Å²) in [6.45, 7) is 0. The van der Waals surface area contributed by atoms with E-state index in [2.05, 4.69) is 26.2 Å². The first-order chi connectivity index (χ1) is 9.08. The molecule has 0 saturated carbocycles. The number of anilines is 1. The van der Waals surface area contributed by atoms with E-state index >= 15 is 0 Å². The number of nitrogens with one attached hydrogen (secondary N) is 1. The number of ether oxygens (including phenoxy) is 1. The van der Waals surface area contributed by atoms with Gasteiger partial charge in [-0.25, -0.2) is 4.98 Å². The van der Waals surface area contributed by atoms with Gasteiger partial charge in [0.2, 0.25) is 0 Å². The molecule has 1 heterocycles. The first-order valence-electron chi connectivity index (χ1n) is 5.35. The number of halogens is 1. The summed E-state index contributed by atoms with van der Waals surface area (Å²) < 4.78 is 6.16. The highest BCUT2D eigenvalue weighted by Gasteiger charge is 2.10. The molecule has 0 atom stereocenters. The minimum absolute atomic E-state index is 0.0349. The maximum absolute atomic E-state index is 10.8. The standard InChI is InChI=1S/C12H10BrN3O3/c1-14-12-7-10(2-3-15-12)19-11-5-8(13)4-9(6-11)16(17)18/h2-7H,1H3,(H,14,15). The lowest BCUT2D eigenvalue weighted by Gasteiger charge is -2.07. The van der Waals surface area contributed by atoms with Crippen molar-refractivity contribution >= 4 is 27.4 Å². The van der Waals surface area contributed by atoms with Crippen LogP contribution in [0.3, 0.4) is 0 Å². The molecule has 0 saturated heterocycles. The van der Waals surface area contributed by atoms with E-state index in [9.17, 15) is 10.1 Å². The number of hydrogen-bond acceptors (Lipinski definition) is 5. The van der Waals surface area contributed by atoms with Crippen LogP contribution >= 0.6 is 15.9 Å². The maximum Gasteiger partial charge on any atom is 0.274 e. The Labute approximate surface area is 117 Å². The number of pyridine rings is 1. The fraction of sp³-hybridized carbons (Fsp3) is 0.0833. The van der Waals surface area contributed by atoms with Gasteiger partial charge in [-0.15, -0.1) is 0 Å². The molecule has 1 aromatic carbocycles. The van der Waals surface area contributed by atoms with E-state index in [0.29, 0.717) is 21.8 Å². The van der Waals surface area contributed by atoms with Crippen LogP contribution in [0.2, 0.25) is 0 Å². The number of rotatable bonds is 4. The first-order valence-corrected chi connectivity index (χ1v) is 6.14. The van der Waals surface area contributed by atoms with E-state index in [1.807, 2.05) is 0 Å². The Kier molecular flexibility index (Phi) is 3.96. The summed E-state index contributed by atoms with van der Waals surface area (Å²) in [5.41, 5.74) is -0.0349. The molecule has 1 N–H and O–H groups in total. The smallest absolute Gasteiger partial charge is 0.274 e. The van der Waals surface area contributed by atoms with E-state index < -0.39 is 4.92 Å². The van der Waals surface area contributed by atoms with Gasteiger partial charge in [-0.3, -0.25) is 10.1 Å². The van der Waals surface area contributed by atoms with Crippen molar-refractivity contribution in [1.82, 2.24) is 4.98 Å². The van der Waals surface area contributed by atoms with Crippen LogP contribution in [-0.2, 0) is 0 Å². The third kappa shape index (κ3) is 3.41. The number of non-ortho nitro benzene ring substituents is 1. The van der Waals surface area contributed by atoms with Gasteiger partial charge < -0.3 is 10.1 Å². The topological polar surface area (TPSA) is 77.3 Å². The Bertz CT molecular complexity index is 619. The Morgan fingerprint density at radius 2 is 2.11 bits per heavy atom. The van der Waals surface area contributed by atoms with Crippen LogP contribution in [0, 0.1) is 10.1 Å². The normalized spacial score (nSPS) is 10.0. The molecule has 0 bridgehead atoms. The van der Waals surface area contributed by atoms with Crippen LogP contribution in [0.1, 0.15) is 0 Å². The highest BCUT2D eigenvalue weighted by molar-refractivity contribution is 9.10. The third-order valence-electron chi connectivity index (χ3n) is 2.29. The Morgan fingerprint density at radius 3 is 2.79 bits per heavy atom.